The van der Waals surface area contributed by atoms with Crippen molar-refractivity contribution in [3.63, 3.8) is 0 Å². The molecule has 0 saturated carbocycles. The van der Waals surface area contributed by atoms with Crippen LogP contribution in [0.4, 0.5) is 0 Å². The Morgan fingerprint density at radius 2 is 1.93 bits per heavy atom. The number of carboxylic acids is 1. The van der Waals surface area contributed by atoms with Crippen LogP contribution in [0.3, 0.4) is 0 Å². The highest BCUT2D eigenvalue weighted by atomic mass is 35.5. The number of halogens is 1. The third kappa shape index (κ3) is 3.53. The quantitative estimate of drug-likeness (QED) is 0.827. The van der Waals surface area contributed by atoms with Gasteiger partial charge in [-0.15, -0.1) is 12.4 Å². The number of rotatable bonds is 4. The third-order valence-electron chi connectivity index (χ3n) is 2.42. The van der Waals surface area contributed by atoms with Gasteiger partial charge in [-0.1, -0.05) is 30.3 Å². The molecular formula is C11H16ClNO2. The fourth-order valence-corrected chi connectivity index (χ4v) is 1.28. The van der Waals surface area contributed by atoms with Gasteiger partial charge in [-0.2, -0.15) is 0 Å². The summed E-state index contributed by atoms with van der Waals surface area (Å²) in [6.45, 7) is 1.68. The maximum atomic E-state index is 11.0. The van der Waals surface area contributed by atoms with E-state index >= 15 is 0 Å². The Morgan fingerprint density at radius 1 is 1.40 bits per heavy atom. The fourth-order valence-electron chi connectivity index (χ4n) is 1.28. The van der Waals surface area contributed by atoms with E-state index in [9.17, 15) is 4.79 Å². The van der Waals surface area contributed by atoms with Crippen LogP contribution < -0.4 is 5.32 Å². The Kier molecular flexibility index (Phi) is 5.33. The molecular weight excluding hydrogens is 214 g/mol. The van der Waals surface area contributed by atoms with Gasteiger partial charge in [-0.05, 0) is 19.5 Å². The van der Waals surface area contributed by atoms with Crippen molar-refractivity contribution >= 4 is 18.4 Å². The van der Waals surface area contributed by atoms with Crippen molar-refractivity contribution in [1.82, 2.24) is 5.32 Å². The van der Waals surface area contributed by atoms with Crippen LogP contribution in [0.5, 0.6) is 0 Å². The monoisotopic (exact) mass is 229 g/mol. The summed E-state index contributed by atoms with van der Waals surface area (Å²) < 4.78 is 0. The van der Waals surface area contributed by atoms with E-state index in [-0.39, 0.29) is 12.4 Å². The molecule has 0 bridgehead atoms. The van der Waals surface area contributed by atoms with Crippen LogP contribution in [0, 0.1) is 0 Å². The summed E-state index contributed by atoms with van der Waals surface area (Å²) in [5, 5.41) is 11.9. The van der Waals surface area contributed by atoms with Gasteiger partial charge < -0.3 is 10.4 Å². The molecule has 0 saturated heterocycles. The van der Waals surface area contributed by atoms with Gasteiger partial charge in [0.15, 0.2) is 0 Å². The molecule has 0 aliphatic carbocycles. The van der Waals surface area contributed by atoms with Gasteiger partial charge in [0.1, 0.15) is 5.54 Å². The maximum absolute atomic E-state index is 11.0. The number of hydrogen-bond donors (Lipinski definition) is 2. The predicted molar refractivity (Wildman–Crippen MR) is 62.5 cm³/mol. The van der Waals surface area contributed by atoms with Gasteiger partial charge in [0.05, 0.1) is 0 Å². The van der Waals surface area contributed by atoms with Crippen LogP contribution in [0.15, 0.2) is 30.3 Å². The van der Waals surface area contributed by atoms with Crippen molar-refractivity contribution in [3.05, 3.63) is 35.9 Å². The molecule has 0 unspecified atom stereocenters. The number of hydrogen-bond acceptors (Lipinski definition) is 2. The summed E-state index contributed by atoms with van der Waals surface area (Å²) in [4.78, 5) is 11.0. The Labute approximate surface area is 95.9 Å². The zero-order valence-electron chi connectivity index (χ0n) is 8.86. The standard InChI is InChI=1S/C11H15NO2.ClH/c1-11(12-2,10(13)14)8-9-6-4-3-5-7-9;/h3-7,12H,8H2,1-2H3,(H,13,14);1H/t11-;/m0./s1. The first-order chi connectivity index (χ1) is 6.58. The van der Waals surface area contributed by atoms with Crippen LogP contribution in [-0.4, -0.2) is 23.7 Å². The summed E-state index contributed by atoms with van der Waals surface area (Å²) in [5.41, 5.74) is 0.133. The topological polar surface area (TPSA) is 49.3 Å². The van der Waals surface area contributed by atoms with Crippen LogP contribution in [0.25, 0.3) is 0 Å². The number of likely N-dealkylation sites (N-methyl/N-ethyl adjacent to an activating group) is 1. The van der Waals surface area contributed by atoms with Crippen molar-refractivity contribution < 1.29 is 9.90 Å². The minimum atomic E-state index is -0.888. The first kappa shape index (κ1) is 13.9. The smallest absolute Gasteiger partial charge is 0.323 e. The van der Waals surface area contributed by atoms with Gasteiger partial charge >= 0.3 is 5.97 Å². The minimum absolute atomic E-state index is 0. The number of nitrogens with one attached hydrogen (secondary N) is 1. The normalized spacial score (nSPS) is 13.7. The fraction of sp³-hybridized carbons (Fsp3) is 0.364. The van der Waals surface area contributed by atoms with Gasteiger partial charge in [0.2, 0.25) is 0 Å². The van der Waals surface area contributed by atoms with Crippen molar-refractivity contribution in [1.29, 1.82) is 0 Å². The van der Waals surface area contributed by atoms with Crippen molar-refractivity contribution in [3.8, 4) is 0 Å². The summed E-state index contributed by atoms with van der Waals surface area (Å²) in [6, 6.07) is 9.60. The highest BCUT2D eigenvalue weighted by molar-refractivity contribution is 5.85. The number of carboxylic acid groups (broad SMARTS) is 1. The SMILES string of the molecule is CN[C@@](C)(Cc1ccccc1)C(=O)O.Cl. The Balaban J connectivity index is 0.00000196. The molecule has 1 aromatic carbocycles. The van der Waals surface area contributed by atoms with Gasteiger partial charge in [0.25, 0.3) is 0 Å². The third-order valence-corrected chi connectivity index (χ3v) is 2.42. The largest absolute Gasteiger partial charge is 0.480 e. The lowest BCUT2D eigenvalue weighted by Gasteiger charge is -2.24. The van der Waals surface area contributed by atoms with E-state index in [1.54, 1.807) is 14.0 Å². The molecule has 15 heavy (non-hydrogen) atoms. The molecule has 4 heteroatoms. The number of benzene rings is 1. The highest BCUT2D eigenvalue weighted by Crippen LogP contribution is 2.12. The summed E-state index contributed by atoms with van der Waals surface area (Å²) >= 11 is 0. The molecule has 1 rings (SSSR count). The van der Waals surface area contributed by atoms with Crippen molar-refractivity contribution in [2.45, 2.75) is 18.9 Å². The van der Waals surface area contributed by atoms with Crippen molar-refractivity contribution in [2.75, 3.05) is 7.05 Å². The molecule has 2 N–H and O–H groups in total. The molecule has 0 aliphatic heterocycles. The van der Waals surface area contributed by atoms with E-state index in [1.165, 1.54) is 0 Å². The van der Waals surface area contributed by atoms with E-state index in [1.807, 2.05) is 30.3 Å². The predicted octanol–water partition coefficient (Wildman–Crippen LogP) is 1.71. The van der Waals surface area contributed by atoms with Gasteiger partial charge in [-0.25, -0.2) is 0 Å². The molecule has 3 nitrogen and oxygen atoms in total. The van der Waals surface area contributed by atoms with Crippen LogP contribution in [0.1, 0.15) is 12.5 Å². The second-order valence-corrected chi connectivity index (χ2v) is 3.55. The van der Waals surface area contributed by atoms with Gasteiger partial charge in [-0.3, -0.25) is 4.79 Å². The maximum Gasteiger partial charge on any atom is 0.323 e. The second kappa shape index (κ2) is 5.73. The molecule has 0 radical (unpaired) electrons. The Bertz CT molecular complexity index is 316. The van der Waals surface area contributed by atoms with Crippen LogP contribution in [0.2, 0.25) is 0 Å². The van der Waals surface area contributed by atoms with E-state index in [0.717, 1.165) is 5.56 Å². The molecule has 1 atom stereocenters. The lowest BCUT2D eigenvalue weighted by atomic mass is 9.93. The Morgan fingerprint density at radius 3 is 2.33 bits per heavy atom. The molecule has 0 fully saturated rings. The van der Waals surface area contributed by atoms with E-state index in [2.05, 4.69) is 5.32 Å². The molecule has 1 aromatic rings. The minimum Gasteiger partial charge on any atom is -0.480 e. The first-order valence-electron chi connectivity index (χ1n) is 4.55. The molecule has 0 aromatic heterocycles. The van der Waals surface area contributed by atoms with E-state index in [0.29, 0.717) is 6.42 Å². The first-order valence-corrected chi connectivity index (χ1v) is 4.55. The van der Waals surface area contributed by atoms with Crippen molar-refractivity contribution in [2.24, 2.45) is 0 Å². The Hall–Kier alpha value is -1.06. The lowest BCUT2D eigenvalue weighted by molar-refractivity contribution is -0.143. The zero-order valence-corrected chi connectivity index (χ0v) is 9.67. The van der Waals surface area contributed by atoms with Crippen LogP contribution in [-0.2, 0) is 11.2 Å². The number of aliphatic carboxylic acids is 1. The average molecular weight is 230 g/mol. The molecule has 0 spiro atoms. The summed E-state index contributed by atoms with van der Waals surface area (Å²) in [6.07, 6.45) is 0.486. The van der Waals surface area contributed by atoms with Crippen LogP contribution >= 0.6 is 12.4 Å². The lowest BCUT2D eigenvalue weighted by Crippen LogP contribution is -2.49. The second-order valence-electron chi connectivity index (χ2n) is 3.55. The number of carbonyl (C=O) groups is 1. The molecule has 0 aliphatic rings. The zero-order chi connectivity index (χ0) is 10.6. The van der Waals surface area contributed by atoms with E-state index in [4.69, 9.17) is 5.11 Å². The molecule has 84 valence electrons. The van der Waals surface area contributed by atoms with Gasteiger partial charge in [0, 0.05) is 6.42 Å². The summed E-state index contributed by atoms with van der Waals surface area (Å²) in [5.74, 6) is -0.830. The molecule has 0 amide bonds. The summed E-state index contributed by atoms with van der Waals surface area (Å²) in [7, 11) is 1.66. The average Bonchev–Trinajstić information content (AvgIpc) is 2.19. The van der Waals surface area contributed by atoms with E-state index < -0.39 is 11.5 Å². The highest BCUT2D eigenvalue weighted by Gasteiger charge is 2.30. The molecule has 0 heterocycles.